The molecule has 0 saturated heterocycles. The fourth-order valence-electron chi connectivity index (χ4n) is 2.94. The number of nitrogens with zero attached hydrogens (tertiary/aromatic N) is 3. The van der Waals surface area contributed by atoms with Crippen LogP contribution >= 0.6 is 11.6 Å². The summed E-state index contributed by atoms with van der Waals surface area (Å²) in [7, 11) is 0. The third kappa shape index (κ3) is 3.17. The van der Waals surface area contributed by atoms with Gasteiger partial charge < -0.3 is 14.1 Å². The molecule has 2 heterocycles. The number of nitrogens with one attached hydrogen (secondary N) is 1. The molecule has 0 aliphatic carbocycles. The van der Waals surface area contributed by atoms with Crippen LogP contribution in [0.25, 0.3) is 33.9 Å². The SMILES string of the molecule is CCCn1c(=O)c(=O)[nH]c2cc(-c3noc(-c4cccc(Cl)c4)n3)ccc21. The third-order valence-electron chi connectivity index (χ3n) is 4.18. The molecule has 0 fully saturated rings. The molecule has 0 unspecified atom stereocenters. The number of hydrogen-bond acceptors (Lipinski definition) is 5. The number of aromatic nitrogens is 4. The molecule has 0 amide bonds. The van der Waals surface area contributed by atoms with Crippen molar-refractivity contribution in [3.8, 4) is 22.8 Å². The van der Waals surface area contributed by atoms with E-state index in [1.807, 2.05) is 13.0 Å². The Kier molecular flexibility index (Phi) is 4.37. The number of benzene rings is 2. The summed E-state index contributed by atoms with van der Waals surface area (Å²) in [6.45, 7) is 2.42. The summed E-state index contributed by atoms with van der Waals surface area (Å²) in [5.41, 5.74) is 1.37. The van der Waals surface area contributed by atoms with E-state index in [4.69, 9.17) is 16.1 Å². The van der Waals surface area contributed by atoms with Gasteiger partial charge in [-0.1, -0.05) is 29.7 Å². The van der Waals surface area contributed by atoms with Crippen molar-refractivity contribution in [3.05, 3.63) is 68.2 Å². The first-order valence-corrected chi connectivity index (χ1v) is 8.81. The molecule has 2 aromatic heterocycles. The van der Waals surface area contributed by atoms with Crippen molar-refractivity contribution in [1.29, 1.82) is 0 Å². The van der Waals surface area contributed by atoms with Crippen LogP contribution in [0.3, 0.4) is 0 Å². The summed E-state index contributed by atoms with van der Waals surface area (Å²) < 4.78 is 6.81. The van der Waals surface area contributed by atoms with Gasteiger partial charge in [0.2, 0.25) is 5.82 Å². The fourth-order valence-corrected chi connectivity index (χ4v) is 3.13. The van der Waals surface area contributed by atoms with E-state index in [9.17, 15) is 9.59 Å². The van der Waals surface area contributed by atoms with Gasteiger partial charge in [0.1, 0.15) is 0 Å². The Hall–Kier alpha value is -3.19. The van der Waals surface area contributed by atoms with E-state index in [0.29, 0.717) is 45.4 Å². The molecule has 0 spiro atoms. The Balaban J connectivity index is 1.80. The minimum absolute atomic E-state index is 0.344. The van der Waals surface area contributed by atoms with Crippen LogP contribution in [-0.2, 0) is 6.54 Å². The molecule has 4 aromatic rings. The highest BCUT2D eigenvalue weighted by molar-refractivity contribution is 6.30. The van der Waals surface area contributed by atoms with E-state index in [0.717, 1.165) is 6.42 Å². The molecular formula is C19H15ClN4O3. The van der Waals surface area contributed by atoms with Gasteiger partial charge in [-0.3, -0.25) is 9.59 Å². The van der Waals surface area contributed by atoms with E-state index < -0.39 is 11.1 Å². The van der Waals surface area contributed by atoms with Gasteiger partial charge in [-0.05, 0) is 42.8 Å². The average molecular weight is 383 g/mol. The number of H-pyrrole nitrogens is 1. The lowest BCUT2D eigenvalue weighted by Gasteiger charge is -2.08. The van der Waals surface area contributed by atoms with Crippen molar-refractivity contribution >= 4 is 22.6 Å². The van der Waals surface area contributed by atoms with Gasteiger partial charge in [0.05, 0.1) is 11.0 Å². The lowest BCUT2D eigenvalue weighted by Crippen LogP contribution is -2.36. The molecular weight excluding hydrogens is 368 g/mol. The first-order chi connectivity index (χ1) is 13.1. The third-order valence-corrected chi connectivity index (χ3v) is 4.41. The summed E-state index contributed by atoms with van der Waals surface area (Å²) in [5.74, 6) is 0.720. The zero-order chi connectivity index (χ0) is 19.0. The summed E-state index contributed by atoms with van der Waals surface area (Å²) in [4.78, 5) is 31.1. The molecule has 1 N–H and O–H groups in total. The second-order valence-corrected chi connectivity index (χ2v) is 6.51. The summed E-state index contributed by atoms with van der Waals surface area (Å²) in [6, 6.07) is 12.4. The van der Waals surface area contributed by atoms with Gasteiger partial charge in [-0.15, -0.1) is 0 Å². The maximum Gasteiger partial charge on any atom is 0.316 e. The van der Waals surface area contributed by atoms with Gasteiger partial charge in [0.15, 0.2) is 0 Å². The molecule has 7 nitrogen and oxygen atoms in total. The van der Waals surface area contributed by atoms with Gasteiger partial charge in [-0.25, -0.2) is 0 Å². The first-order valence-electron chi connectivity index (χ1n) is 8.43. The summed E-state index contributed by atoms with van der Waals surface area (Å²) in [5, 5.41) is 4.58. The van der Waals surface area contributed by atoms with Crippen LogP contribution in [0.5, 0.6) is 0 Å². The smallest absolute Gasteiger partial charge is 0.316 e. The summed E-state index contributed by atoms with van der Waals surface area (Å²) >= 11 is 6.00. The number of hydrogen-bond donors (Lipinski definition) is 1. The summed E-state index contributed by atoms with van der Waals surface area (Å²) in [6.07, 6.45) is 0.744. The Labute approximate surface area is 158 Å². The van der Waals surface area contributed by atoms with Crippen molar-refractivity contribution in [1.82, 2.24) is 19.7 Å². The predicted molar refractivity (Wildman–Crippen MR) is 103 cm³/mol. The molecule has 136 valence electrons. The molecule has 0 aliphatic rings. The highest BCUT2D eigenvalue weighted by Crippen LogP contribution is 2.25. The Morgan fingerprint density at radius 2 is 2.00 bits per heavy atom. The topological polar surface area (TPSA) is 93.8 Å². The molecule has 0 saturated carbocycles. The average Bonchev–Trinajstić information content (AvgIpc) is 3.15. The van der Waals surface area contributed by atoms with Crippen LogP contribution in [0.4, 0.5) is 0 Å². The molecule has 0 atom stereocenters. The largest absolute Gasteiger partial charge is 0.334 e. The Morgan fingerprint density at radius 1 is 1.15 bits per heavy atom. The number of rotatable bonds is 4. The number of fused-ring (bicyclic) bond motifs is 1. The first kappa shape index (κ1) is 17.2. The quantitative estimate of drug-likeness (QED) is 0.545. The van der Waals surface area contributed by atoms with Crippen molar-refractivity contribution in [3.63, 3.8) is 0 Å². The van der Waals surface area contributed by atoms with Crippen LogP contribution in [0, 0.1) is 0 Å². The lowest BCUT2D eigenvalue weighted by molar-refractivity contribution is 0.432. The van der Waals surface area contributed by atoms with E-state index in [1.54, 1.807) is 36.4 Å². The predicted octanol–water partition coefficient (Wildman–Crippen LogP) is 3.47. The Morgan fingerprint density at radius 3 is 2.78 bits per heavy atom. The van der Waals surface area contributed by atoms with E-state index in [-0.39, 0.29) is 0 Å². The fraction of sp³-hybridized carbons (Fsp3) is 0.158. The number of halogens is 1. The van der Waals surface area contributed by atoms with Crippen molar-refractivity contribution < 1.29 is 4.52 Å². The van der Waals surface area contributed by atoms with Crippen LogP contribution in [0.2, 0.25) is 5.02 Å². The van der Waals surface area contributed by atoms with Crippen molar-refractivity contribution in [2.24, 2.45) is 0 Å². The Bertz CT molecular complexity index is 1260. The maximum atomic E-state index is 12.1. The second-order valence-electron chi connectivity index (χ2n) is 6.08. The maximum absolute atomic E-state index is 12.1. The van der Waals surface area contributed by atoms with Crippen molar-refractivity contribution in [2.75, 3.05) is 0 Å². The molecule has 8 heteroatoms. The molecule has 2 aromatic carbocycles. The number of aryl methyl sites for hydroxylation is 1. The zero-order valence-corrected chi connectivity index (χ0v) is 15.2. The molecule has 0 radical (unpaired) electrons. The lowest BCUT2D eigenvalue weighted by atomic mass is 10.1. The van der Waals surface area contributed by atoms with Crippen LogP contribution in [0.15, 0.2) is 56.6 Å². The van der Waals surface area contributed by atoms with Gasteiger partial charge in [0, 0.05) is 22.7 Å². The zero-order valence-electron chi connectivity index (χ0n) is 14.4. The van der Waals surface area contributed by atoms with Gasteiger partial charge in [-0.2, -0.15) is 4.98 Å². The molecule has 4 rings (SSSR count). The van der Waals surface area contributed by atoms with E-state index in [1.165, 1.54) is 4.57 Å². The van der Waals surface area contributed by atoms with Crippen LogP contribution in [0.1, 0.15) is 13.3 Å². The van der Waals surface area contributed by atoms with Gasteiger partial charge >= 0.3 is 11.1 Å². The second kappa shape index (κ2) is 6.85. The van der Waals surface area contributed by atoms with Crippen LogP contribution < -0.4 is 11.1 Å². The minimum atomic E-state index is -0.652. The number of aromatic amines is 1. The highest BCUT2D eigenvalue weighted by Gasteiger charge is 2.13. The van der Waals surface area contributed by atoms with E-state index in [2.05, 4.69) is 15.1 Å². The molecule has 0 bridgehead atoms. The normalized spacial score (nSPS) is 11.2. The monoisotopic (exact) mass is 382 g/mol. The standard InChI is InChI=1S/C19H15ClN4O3/c1-2-8-24-15-7-6-11(10-14(15)21-17(25)19(24)26)16-22-18(27-23-16)12-4-3-5-13(20)9-12/h3-7,9-10H,2,8H2,1H3,(H,21,25). The van der Waals surface area contributed by atoms with Crippen molar-refractivity contribution in [2.45, 2.75) is 19.9 Å². The highest BCUT2D eigenvalue weighted by atomic mass is 35.5. The van der Waals surface area contributed by atoms with E-state index >= 15 is 0 Å². The molecule has 27 heavy (non-hydrogen) atoms. The van der Waals surface area contributed by atoms with Crippen LogP contribution in [-0.4, -0.2) is 19.7 Å². The molecule has 0 aliphatic heterocycles. The van der Waals surface area contributed by atoms with Gasteiger partial charge in [0.25, 0.3) is 5.89 Å². The minimum Gasteiger partial charge on any atom is -0.334 e.